The summed E-state index contributed by atoms with van der Waals surface area (Å²) in [5, 5.41) is 11.1. The van der Waals surface area contributed by atoms with Crippen LogP contribution in [0.1, 0.15) is 68.2 Å². The van der Waals surface area contributed by atoms with Gasteiger partial charge in [0.15, 0.2) is 0 Å². The molecule has 0 radical (unpaired) electrons. The van der Waals surface area contributed by atoms with Crippen LogP contribution >= 0.6 is 12.4 Å². The van der Waals surface area contributed by atoms with Crippen molar-refractivity contribution in [2.45, 2.75) is 65.0 Å². The summed E-state index contributed by atoms with van der Waals surface area (Å²) in [5.74, 6) is 0.796. The van der Waals surface area contributed by atoms with Crippen LogP contribution in [0.15, 0.2) is 42.5 Å². The number of nitrogens with zero attached hydrogens (tertiary/aromatic N) is 2. The summed E-state index contributed by atoms with van der Waals surface area (Å²) in [6.45, 7) is 11.4. The van der Waals surface area contributed by atoms with Crippen molar-refractivity contribution in [2.24, 2.45) is 10.8 Å². The Bertz CT molecular complexity index is 959. The molecule has 3 atom stereocenters. The Hall–Kier alpha value is -1.55. The molecule has 3 nitrogen and oxygen atoms in total. The molecule has 1 unspecified atom stereocenters. The number of fused-ring (bicyclic) bond motifs is 3. The van der Waals surface area contributed by atoms with Gasteiger partial charge in [0.25, 0.3) is 0 Å². The number of halogens is 1. The predicted molar refractivity (Wildman–Crippen MR) is 135 cm³/mol. The van der Waals surface area contributed by atoms with Crippen LogP contribution in [0.25, 0.3) is 0 Å². The number of phenols is 1. The number of hydrogen-bond donors (Lipinski definition) is 1. The van der Waals surface area contributed by atoms with E-state index in [1.165, 1.54) is 36.0 Å². The van der Waals surface area contributed by atoms with Gasteiger partial charge in [0.2, 0.25) is 0 Å². The van der Waals surface area contributed by atoms with Gasteiger partial charge in [-0.05, 0) is 66.3 Å². The fourth-order valence-electron chi connectivity index (χ4n) is 7.13. The number of likely N-dealkylation sites (N-methyl/N-ethyl adjacent to an activating group) is 1. The standard InChI is InChI=1S/C28H38N2O.ClH/c1-27(2)14-23-15-28(3,18-27)19-30(23)16-22-12-21-10-11-29(4)17-25(24(21)13-26(22)31)20-8-6-5-7-9-20;/h5-9,12-13,23,25,31H,10-11,14-19H2,1-4H3;1H/t23-,25?,28-;/m1./s1. The van der Waals surface area contributed by atoms with Gasteiger partial charge in [-0.3, -0.25) is 4.90 Å². The summed E-state index contributed by atoms with van der Waals surface area (Å²) in [6, 6.07) is 15.9. The summed E-state index contributed by atoms with van der Waals surface area (Å²) in [6.07, 6.45) is 4.95. The molecule has 3 aliphatic rings. The van der Waals surface area contributed by atoms with Gasteiger partial charge in [-0.2, -0.15) is 0 Å². The second kappa shape index (κ2) is 8.66. The molecule has 5 rings (SSSR count). The van der Waals surface area contributed by atoms with Gasteiger partial charge >= 0.3 is 0 Å². The maximum atomic E-state index is 11.1. The van der Waals surface area contributed by atoms with Crippen molar-refractivity contribution in [1.82, 2.24) is 9.80 Å². The van der Waals surface area contributed by atoms with Gasteiger partial charge in [-0.15, -0.1) is 12.4 Å². The molecule has 2 aromatic carbocycles. The normalized spacial score (nSPS) is 29.8. The average molecular weight is 455 g/mol. The SMILES string of the molecule is CN1CCc2cc(CN3C[C@]4(C)C[C@H]3CC(C)(C)C4)c(O)cc2C(c2ccccc2)C1.Cl. The molecule has 4 heteroatoms. The van der Waals surface area contributed by atoms with Crippen molar-refractivity contribution in [3.05, 3.63) is 64.7 Å². The zero-order valence-electron chi connectivity index (χ0n) is 20.1. The lowest BCUT2D eigenvalue weighted by molar-refractivity contribution is 0.126. The second-order valence-electron chi connectivity index (χ2n) is 11.8. The maximum absolute atomic E-state index is 11.1. The lowest BCUT2D eigenvalue weighted by Crippen LogP contribution is -2.34. The molecule has 2 heterocycles. The molecular weight excluding hydrogens is 416 g/mol. The van der Waals surface area contributed by atoms with Crippen molar-refractivity contribution >= 4 is 12.4 Å². The average Bonchev–Trinajstić information content (AvgIpc) is 2.83. The molecule has 0 aromatic heterocycles. The van der Waals surface area contributed by atoms with E-state index in [2.05, 4.69) is 80.1 Å². The van der Waals surface area contributed by atoms with Crippen LogP contribution in [0.3, 0.4) is 0 Å². The Morgan fingerprint density at radius 2 is 1.81 bits per heavy atom. The highest BCUT2D eigenvalue weighted by atomic mass is 35.5. The van der Waals surface area contributed by atoms with E-state index in [4.69, 9.17) is 0 Å². The third-order valence-corrected chi connectivity index (χ3v) is 8.07. The third-order valence-electron chi connectivity index (χ3n) is 8.07. The first-order valence-electron chi connectivity index (χ1n) is 12.0. The van der Waals surface area contributed by atoms with E-state index in [0.717, 1.165) is 38.2 Å². The highest BCUT2D eigenvalue weighted by Crippen LogP contribution is 2.53. The lowest BCUT2D eigenvalue weighted by atomic mass is 9.65. The summed E-state index contributed by atoms with van der Waals surface area (Å²) in [7, 11) is 2.22. The Balaban J connectivity index is 0.00000245. The van der Waals surface area contributed by atoms with E-state index in [1.807, 2.05) is 0 Å². The Morgan fingerprint density at radius 1 is 1.06 bits per heavy atom. The van der Waals surface area contributed by atoms with E-state index < -0.39 is 0 Å². The van der Waals surface area contributed by atoms with Crippen LogP contribution in [0.4, 0.5) is 0 Å². The number of benzene rings is 2. The Kier molecular flexibility index (Phi) is 6.39. The van der Waals surface area contributed by atoms with E-state index in [9.17, 15) is 5.11 Å². The monoisotopic (exact) mass is 454 g/mol. The second-order valence-corrected chi connectivity index (χ2v) is 11.8. The third kappa shape index (κ3) is 4.58. The van der Waals surface area contributed by atoms with E-state index >= 15 is 0 Å². The lowest BCUT2D eigenvalue weighted by Gasteiger charge is -2.40. The smallest absolute Gasteiger partial charge is 0.120 e. The molecule has 2 fully saturated rings. The van der Waals surface area contributed by atoms with Crippen LogP contribution in [0, 0.1) is 10.8 Å². The quantitative estimate of drug-likeness (QED) is 0.631. The Morgan fingerprint density at radius 3 is 2.56 bits per heavy atom. The zero-order chi connectivity index (χ0) is 21.8. The summed E-state index contributed by atoms with van der Waals surface area (Å²) >= 11 is 0. The molecule has 32 heavy (non-hydrogen) atoms. The largest absolute Gasteiger partial charge is 0.508 e. The first kappa shape index (κ1) is 23.6. The first-order valence-corrected chi connectivity index (χ1v) is 12.0. The van der Waals surface area contributed by atoms with Crippen LogP contribution in [-0.2, 0) is 13.0 Å². The topological polar surface area (TPSA) is 26.7 Å². The number of likely N-dealkylation sites (tertiary alicyclic amines) is 1. The molecule has 1 N–H and O–H groups in total. The van der Waals surface area contributed by atoms with Crippen molar-refractivity contribution in [3.63, 3.8) is 0 Å². The van der Waals surface area contributed by atoms with E-state index in [1.54, 1.807) is 0 Å². The fraction of sp³-hybridized carbons (Fsp3) is 0.571. The van der Waals surface area contributed by atoms with Crippen LogP contribution in [-0.4, -0.2) is 47.6 Å². The minimum absolute atomic E-state index is 0. The molecule has 0 spiro atoms. The van der Waals surface area contributed by atoms with E-state index in [0.29, 0.717) is 28.5 Å². The molecular formula is C28H39ClN2O. The van der Waals surface area contributed by atoms with Crippen molar-refractivity contribution in [1.29, 1.82) is 0 Å². The molecule has 2 aromatic rings. The number of hydrogen-bond acceptors (Lipinski definition) is 3. The zero-order valence-corrected chi connectivity index (χ0v) is 20.9. The fourth-order valence-corrected chi connectivity index (χ4v) is 7.13. The van der Waals surface area contributed by atoms with Gasteiger partial charge in [0, 0.05) is 43.7 Å². The van der Waals surface area contributed by atoms with Gasteiger partial charge in [-0.1, -0.05) is 57.2 Å². The number of phenolic OH excluding ortho intramolecular Hbond substituents is 1. The molecule has 2 aliphatic heterocycles. The van der Waals surface area contributed by atoms with Gasteiger partial charge in [-0.25, -0.2) is 0 Å². The van der Waals surface area contributed by atoms with Crippen molar-refractivity contribution in [3.8, 4) is 5.75 Å². The van der Waals surface area contributed by atoms with Crippen molar-refractivity contribution < 1.29 is 5.11 Å². The number of rotatable bonds is 3. The highest BCUT2D eigenvalue weighted by Gasteiger charge is 2.49. The Labute approximate surface area is 200 Å². The summed E-state index contributed by atoms with van der Waals surface area (Å²) in [4.78, 5) is 5.09. The van der Waals surface area contributed by atoms with Crippen LogP contribution in [0.2, 0.25) is 0 Å². The van der Waals surface area contributed by atoms with Gasteiger partial charge in [0.1, 0.15) is 5.75 Å². The molecule has 0 amide bonds. The van der Waals surface area contributed by atoms with Crippen molar-refractivity contribution in [2.75, 3.05) is 26.7 Å². The molecule has 1 aliphatic carbocycles. The highest BCUT2D eigenvalue weighted by molar-refractivity contribution is 5.85. The maximum Gasteiger partial charge on any atom is 0.120 e. The minimum atomic E-state index is 0. The van der Waals surface area contributed by atoms with Crippen LogP contribution in [0.5, 0.6) is 5.75 Å². The summed E-state index contributed by atoms with van der Waals surface area (Å²) in [5.41, 5.74) is 6.03. The van der Waals surface area contributed by atoms with Gasteiger partial charge < -0.3 is 10.0 Å². The number of aromatic hydroxyl groups is 1. The molecule has 1 saturated heterocycles. The molecule has 2 bridgehead atoms. The minimum Gasteiger partial charge on any atom is -0.508 e. The predicted octanol–water partition coefficient (Wildman–Crippen LogP) is 5.83. The van der Waals surface area contributed by atoms with Crippen LogP contribution < -0.4 is 0 Å². The first-order chi connectivity index (χ1) is 14.7. The molecule has 1 saturated carbocycles. The van der Waals surface area contributed by atoms with E-state index in [-0.39, 0.29) is 12.4 Å². The molecule has 174 valence electrons. The summed E-state index contributed by atoms with van der Waals surface area (Å²) < 4.78 is 0. The van der Waals surface area contributed by atoms with Gasteiger partial charge in [0.05, 0.1) is 0 Å².